The van der Waals surface area contributed by atoms with Crippen molar-refractivity contribution in [3.8, 4) is 84.4 Å². The van der Waals surface area contributed by atoms with Gasteiger partial charge in [-0.25, -0.2) is 19.3 Å². The summed E-state index contributed by atoms with van der Waals surface area (Å²) in [7, 11) is 0. The Kier molecular flexibility index (Phi) is 7.97. The molecule has 254 valence electrons. The number of hydrogen-bond acceptors (Lipinski definition) is 4. The molecule has 7 aromatic carbocycles. The van der Waals surface area contributed by atoms with Gasteiger partial charge >= 0.3 is 0 Å². The summed E-state index contributed by atoms with van der Waals surface area (Å²) in [5, 5.41) is 0. The summed E-state index contributed by atoms with van der Waals surface area (Å²) in [6, 6.07) is 56.6. The van der Waals surface area contributed by atoms with Gasteiger partial charge in [0.05, 0.1) is 0 Å². The molecule has 53 heavy (non-hydrogen) atoms. The van der Waals surface area contributed by atoms with Gasteiger partial charge in [-0.2, -0.15) is 0 Å². The highest BCUT2D eigenvalue weighted by atomic mass is 19.1. The first-order chi connectivity index (χ1) is 25.9. The molecule has 0 spiro atoms. The van der Waals surface area contributed by atoms with Gasteiger partial charge in [0, 0.05) is 27.8 Å². The van der Waals surface area contributed by atoms with E-state index in [4.69, 9.17) is 19.7 Å². The van der Waals surface area contributed by atoms with Crippen LogP contribution in [-0.2, 0) is 5.60 Å². The second-order valence-corrected chi connectivity index (χ2v) is 13.8. The maximum Gasteiger partial charge on any atom is 0.164 e. The Hall–Kier alpha value is -6.72. The van der Waals surface area contributed by atoms with Crippen molar-refractivity contribution >= 4 is 0 Å². The molecule has 0 atom stereocenters. The Morgan fingerprint density at radius 2 is 0.849 bits per heavy atom. The van der Waals surface area contributed by atoms with E-state index in [1.807, 2.05) is 92.7 Å². The van der Waals surface area contributed by atoms with Gasteiger partial charge in [-0.1, -0.05) is 121 Å². The van der Waals surface area contributed by atoms with Crippen molar-refractivity contribution in [1.82, 2.24) is 15.0 Å². The van der Waals surface area contributed by atoms with Crippen LogP contribution in [0.1, 0.15) is 19.4 Å². The summed E-state index contributed by atoms with van der Waals surface area (Å²) in [6.07, 6.45) is 0. The van der Waals surface area contributed by atoms with Crippen LogP contribution < -0.4 is 4.74 Å². The van der Waals surface area contributed by atoms with Crippen molar-refractivity contribution in [3.63, 3.8) is 0 Å². The Morgan fingerprint density at radius 3 is 1.43 bits per heavy atom. The van der Waals surface area contributed by atoms with Gasteiger partial charge in [-0.05, 0) is 101 Å². The van der Waals surface area contributed by atoms with Gasteiger partial charge in [0.1, 0.15) is 17.2 Å². The van der Waals surface area contributed by atoms with Crippen LogP contribution in [0.5, 0.6) is 5.75 Å². The van der Waals surface area contributed by atoms with Gasteiger partial charge in [0.25, 0.3) is 0 Å². The third-order valence-corrected chi connectivity index (χ3v) is 9.81. The highest BCUT2D eigenvalue weighted by Crippen LogP contribution is 2.46. The minimum atomic E-state index is -0.614. The van der Waals surface area contributed by atoms with Gasteiger partial charge in [0.2, 0.25) is 0 Å². The standard InChI is InChI=1S/C48H34FN3O/c1-48(2)43-24-23-40(49)30-41(43)42-29-36(22-25-44(42)53-48)46-50-45(35-20-18-34(19-21-35)31-12-6-3-7-13-31)51-47(52-46)39-27-37(32-14-8-4-9-15-32)26-38(28-39)33-16-10-5-11-17-33/h3-30H,1-2H3. The number of ether oxygens (including phenoxy) is 1. The number of hydrogen-bond donors (Lipinski definition) is 0. The number of rotatable bonds is 6. The molecule has 0 saturated heterocycles. The molecule has 8 aromatic rings. The Balaban J connectivity index is 1.23. The third-order valence-electron chi connectivity index (χ3n) is 9.81. The van der Waals surface area contributed by atoms with Crippen LogP contribution in [0.25, 0.3) is 78.7 Å². The average molecular weight is 688 g/mol. The molecule has 0 unspecified atom stereocenters. The van der Waals surface area contributed by atoms with Gasteiger partial charge < -0.3 is 4.74 Å². The molecule has 0 amide bonds. The molecule has 0 fully saturated rings. The summed E-state index contributed by atoms with van der Waals surface area (Å²) in [5.74, 6) is 2.00. The molecular weight excluding hydrogens is 654 g/mol. The summed E-state index contributed by atoms with van der Waals surface area (Å²) in [4.78, 5) is 15.4. The first-order valence-corrected chi connectivity index (χ1v) is 17.7. The average Bonchev–Trinajstić information content (AvgIpc) is 3.21. The molecule has 5 heteroatoms. The van der Waals surface area contributed by atoms with Crippen LogP contribution in [0.2, 0.25) is 0 Å². The van der Waals surface area contributed by atoms with E-state index in [9.17, 15) is 4.39 Å². The maximum absolute atomic E-state index is 14.7. The number of benzene rings is 7. The zero-order chi connectivity index (χ0) is 35.9. The SMILES string of the molecule is CC1(C)Oc2ccc(-c3nc(-c4ccc(-c5ccccc5)cc4)nc(-c4cc(-c5ccccc5)cc(-c5ccccc5)c4)n3)cc2-c2cc(F)ccc21. The van der Waals surface area contributed by atoms with E-state index in [0.29, 0.717) is 23.2 Å². The van der Waals surface area contributed by atoms with Crippen molar-refractivity contribution in [1.29, 1.82) is 0 Å². The number of nitrogens with zero attached hydrogens (tertiary/aromatic N) is 3. The molecule has 0 N–H and O–H groups in total. The normalized spacial score (nSPS) is 12.7. The van der Waals surface area contributed by atoms with Crippen LogP contribution >= 0.6 is 0 Å². The quantitative estimate of drug-likeness (QED) is 0.175. The highest BCUT2D eigenvalue weighted by Gasteiger charge is 2.33. The molecule has 1 aromatic heterocycles. The fourth-order valence-corrected chi connectivity index (χ4v) is 7.12. The molecule has 1 aliphatic heterocycles. The molecule has 0 bridgehead atoms. The minimum absolute atomic E-state index is 0.297. The van der Waals surface area contributed by atoms with E-state index in [1.54, 1.807) is 6.07 Å². The van der Waals surface area contributed by atoms with E-state index in [0.717, 1.165) is 66.8 Å². The van der Waals surface area contributed by atoms with Crippen LogP contribution in [0, 0.1) is 5.82 Å². The first-order valence-electron chi connectivity index (χ1n) is 17.7. The van der Waals surface area contributed by atoms with E-state index in [-0.39, 0.29) is 5.82 Å². The monoisotopic (exact) mass is 687 g/mol. The van der Waals surface area contributed by atoms with Crippen molar-refractivity contribution < 1.29 is 9.13 Å². The Labute approximate surface area is 308 Å². The van der Waals surface area contributed by atoms with Gasteiger partial charge in [0.15, 0.2) is 17.5 Å². The molecule has 2 heterocycles. The second kappa shape index (κ2) is 13.1. The lowest BCUT2D eigenvalue weighted by Gasteiger charge is -2.35. The smallest absolute Gasteiger partial charge is 0.164 e. The lowest BCUT2D eigenvalue weighted by atomic mass is 9.85. The van der Waals surface area contributed by atoms with Crippen molar-refractivity contribution in [2.24, 2.45) is 0 Å². The predicted molar refractivity (Wildman–Crippen MR) is 211 cm³/mol. The second-order valence-electron chi connectivity index (χ2n) is 13.8. The zero-order valence-corrected chi connectivity index (χ0v) is 29.3. The molecule has 9 rings (SSSR count). The predicted octanol–water partition coefficient (Wildman–Crippen LogP) is 12.3. The van der Waals surface area contributed by atoms with Crippen molar-refractivity contribution in [3.05, 3.63) is 181 Å². The van der Waals surface area contributed by atoms with Crippen molar-refractivity contribution in [2.45, 2.75) is 19.4 Å². The molecule has 0 saturated carbocycles. The van der Waals surface area contributed by atoms with E-state index in [2.05, 4.69) is 78.9 Å². The third kappa shape index (κ3) is 6.27. The zero-order valence-electron chi connectivity index (χ0n) is 29.3. The molecular formula is C48H34FN3O. The molecule has 0 radical (unpaired) electrons. The van der Waals surface area contributed by atoms with E-state index in [1.165, 1.54) is 6.07 Å². The Bertz CT molecular complexity index is 2550. The summed E-state index contributed by atoms with van der Waals surface area (Å²) in [6.45, 7) is 4.00. The van der Waals surface area contributed by atoms with Gasteiger partial charge in [-0.15, -0.1) is 0 Å². The minimum Gasteiger partial charge on any atom is -0.482 e. The first kappa shape index (κ1) is 32.2. The lowest BCUT2D eigenvalue weighted by Crippen LogP contribution is -2.29. The van der Waals surface area contributed by atoms with Gasteiger partial charge in [-0.3, -0.25) is 0 Å². The maximum atomic E-state index is 14.7. The molecule has 0 aliphatic carbocycles. The highest BCUT2D eigenvalue weighted by molar-refractivity contribution is 5.83. The van der Waals surface area contributed by atoms with Crippen LogP contribution in [0.15, 0.2) is 170 Å². The molecule has 4 nitrogen and oxygen atoms in total. The van der Waals surface area contributed by atoms with Crippen molar-refractivity contribution in [2.75, 3.05) is 0 Å². The number of fused-ring (bicyclic) bond motifs is 3. The largest absolute Gasteiger partial charge is 0.482 e. The lowest BCUT2D eigenvalue weighted by molar-refractivity contribution is 0.105. The summed E-state index contributed by atoms with van der Waals surface area (Å²) >= 11 is 0. The van der Waals surface area contributed by atoms with E-state index >= 15 is 0 Å². The van der Waals surface area contributed by atoms with Crippen LogP contribution in [0.4, 0.5) is 4.39 Å². The van der Waals surface area contributed by atoms with Crippen LogP contribution in [0.3, 0.4) is 0 Å². The fourth-order valence-electron chi connectivity index (χ4n) is 7.12. The number of aromatic nitrogens is 3. The van der Waals surface area contributed by atoms with E-state index < -0.39 is 5.60 Å². The Morgan fingerprint density at radius 1 is 0.396 bits per heavy atom. The topological polar surface area (TPSA) is 47.9 Å². The molecule has 1 aliphatic rings. The summed E-state index contributed by atoms with van der Waals surface area (Å²) in [5.41, 5.74) is 11.0. The number of halogens is 1. The van der Waals surface area contributed by atoms with Crippen LogP contribution in [-0.4, -0.2) is 15.0 Å². The summed E-state index contributed by atoms with van der Waals surface area (Å²) < 4.78 is 21.2. The fraction of sp³-hybridized carbons (Fsp3) is 0.0625.